The van der Waals surface area contributed by atoms with E-state index in [4.69, 9.17) is 4.74 Å². The van der Waals surface area contributed by atoms with Crippen molar-refractivity contribution in [2.45, 2.75) is 26.8 Å². The third-order valence-electron chi connectivity index (χ3n) is 2.78. The minimum Gasteiger partial charge on any atom is -0.457 e. The Morgan fingerprint density at radius 1 is 1.11 bits per heavy atom. The summed E-state index contributed by atoms with van der Waals surface area (Å²) < 4.78 is 5.81. The maximum Gasteiger partial charge on any atom is 0.130 e. The van der Waals surface area contributed by atoms with E-state index in [2.05, 4.69) is 24.1 Å². The summed E-state index contributed by atoms with van der Waals surface area (Å²) in [4.78, 5) is 4.32. The summed E-state index contributed by atoms with van der Waals surface area (Å²) in [5.41, 5.74) is 2.23. The molecule has 0 aliphatic heterocycles. The summed E-state index contributed by atoms with van der Waals surface area (Å²) in [6, 6.07) is 11.9. The Hall–Kier alpha value is -1.87. The van der Waals surface area contributed by atoms with E-state index in [1.54, 1.807) is 6.20 Å². The number of pyridine rings is 1. The van der Waals surface area contributed by atoms with Gasteiger partial charge in [0.2, 0.25) is 0 Å². The molecule has 3 nitrogen and oxygen atoms in total. The van der Waals surface area contributed by atoms with E-state index < -0.39 is 0 Å². The molecule has 100 valence electrons. The molecule has 1 N–H and O–H groups in total. The number of rotatable bonds is 6. The number of nitrogens with zero attached hydrogens (tertiary/aromatic N) is 1. The van der Waals surface area contributed by atoms with Crippen molar-refractivity contribution in [1.82, 2.24) is 10.3 Å². The SMILES string of the molecule is CCCNCc1cc(Oc2ccc(C)cc2)ccn1. The van der Waals surface area contributed by atoms with E-state index >= 15 is 0 Å². The van der Waals surface area contributed by atoms with Gasteiger partial charge in [0, 0.05) is 18.8 Å². The van der Waals surface area contributed by atoms with Crippen molar-refractivity contribution in [1.29, 1.82) is 0 Å². The molecule has 1 aromatic carbocycles. The van der Waals surface area contributed by atoms with Gasteiger partial charge in [-0.2, -0.15) is 0 Å². The minimum absolute atomic E-state index is 0.777. The molecule has 19 heavy (non-hydrogen) atoms. The van der Waals surface area contributed by atoms with Gasteiger partial charge in [-0.1, -0.05) is 24.6 Å². The summed E-state index contributed by atoms with van der Waals surface area (Å²) in [6.45, 7) is 5.99. The van der Waals surface area contributed by atoms with Crippen molar-refractivity contribution in [3.63, 3.8) is 0 Å². The Morgan fingerprint density at radius 2 is 1.89 bits per heavy atom. The first-order chi connectivity index (χ1) is 9.28. The summed E-state index contributed by atoms with van der Waals surface area (Å²) in [5.74, 6) is 1.68. The fourth-order valence-electron chi connectivity index (χ4n) is 1.75. The monoisotopic (exact) mass is 256 g/mol. The molecule has 0 spiro atoms. The van der Waals surface area contributed by atoms with Crippen molar-refractivity contribution in [3.05, 3.63) is 53.9 Å². The lowest BCUT2D eigenvalue weighted by Gasteiger charge is -2.08. The van der Waals surface area contributed by atoms with Crippen LogP contribution in [-0.4, -0.2) is 11.5 Å². The van der Waals surface area contributed by atoms with Crippen LogP contribution < -0.4 is 10.1 Å². The molecular weight excluding hydrogens is 236 g/mol. The number of nitrogens with one attached hydrogen (secondary N) is 1. The minimum atomic E-state index is 0.777. The first kappa shape index (κ1) is 13.6. The van der Waals surface area contributed by atoms with Crippen LogP contribution >= 0.6 is 0 Å². The number of ether oxygens (including phenoxy) is 1. The lowest BCUT2D eigenvalue weighted by Crippen LogP contribution is -2.14. The second-order valence-electron chi connectivity index (χ2n) is 4.57. The molecule has 2 rings (SSSR count). The molecule has 0 saturated heterocycles. The molecule has 0 saturated carbocycles. The Bertz CT molecular complexity index is 508. The van der Waals surface area contributed by atoms with Gasteiger partial charge in [0.1, 0.15) is 11.5 Å². The first-order valence-corrected chi connectivity index (χ1v) is 6.68. The summed E-state index contributed by atoms with van der Waals surface area (Å²) in [5, 5.41) is 3.33. The van der Waals surface area contributed by atoms with Gasteiger partial charge in [-0.25, -0.2) is 0 Å². The van der Waals surface area contributed by atoms with Crippen LogP contribution in [0.2, 0.25) is 0 Å². The first-order valence-electron chi connectivity index (χ1n) is 6.68. The second kappa shape index (κ2) is 6.90. The molecule has 0 radical (unpaired) electrons. The molecule has 0 amide bonds. The standard InChI is InChI=1S/C16H20N2O/c1-3-9-17-12-14-11-16(8-10-18-14)19-15-6-4-13(2)5-7-15/h4-8,10-11,17H,3,9,12H2,1-2H3. The molecule has 0 aliphatic rings. The van der Waals surface area contributed by atoms with E-state index in [0.717, 1.165) is 36.7 Å². The number of hydrogen-bond donors (Lipinski definition) is 1. The molecule has 1 aromatic heterocycles. The zero-order valence-corrected chi connectivity index (χ0v) is 11.5. The fourth-order valence-corrected chi connectivity index (χ4v) is 1.75. The van der Waals surface area contributed by atoms with Gasteiger partial charge in [0.15, 0.2) is 0 Å². The van der Waals surface area contributed by atoms with Crippen LogP contribution in [0.25, 0.3) is 0 Å². The molecule has 1 heterocycles. The molecule has 0 unspecified atom stereocenters. The molecule has 3 heteroatoms. The van der Waals surface area contributed by atoms with Gasteiger partial charge in [0.25, 0.3) is 0 Å². The van der Waals surface area contributed by atoms with Gasteiger partial charge >= 0.3 is 0 Å². The molecule has 0 bridgehead atoms. The van der Waals surface area contributed by atoms with E-state index in [1.165, 1.54) is 5.56 Å². The van der Waals surface area contributed by atoms with Crippen molar-refractivity contribution in [2.75, 3.05) is 6.54 Å². The number of aryl methyl sites for hydroxylation is 1. The highest BCUT2D eigenvalue weighted by atomic mass is 16.5. The number of benzene rings is 1. The summed E-state index contributed by atoms with van der Waals surface area (Å²) in [7, 11) is 0. The maximum absolute atomic E-state index is 5.81. The lowest BCUT2D eigenvalue weighted by atomic mass is 10.2. The number of aromatic nitrogens is 1. The van der Waals surface area contributed by atoms with Gasteiger partial charge in [-0.3, -0.25) is 4.98 Å². The second-order valence-corrected chi connectivity index (χ2v) is 4.57. The molecule has 0 aliphatic carbocycles. The van der Waals surface area contributed by atoms with Crippen LogP contribution in [0.15, 0.2) is 42.6 Å². The van der Waals surface area contributed by atoms with Gasteiger partial charge in [-0.05, 0) is 38.1 Å². The van der Waals surface area contributed by atoms with Crippen LogP contribution in [0.5, 0.6) is 11.5 Å². The maximum atomic E-state index is 5.81. The topological polar surface area (TPSA) is 34.1 Å². The largest absolute Gasteiger partial charge is 0.457 e. The summed E-state index contributed by atoms with van der Waals surface area (Å²) >= 11 is 0. The lowest BCUT2D eigenvalue weighted by molar-refractivity contribution is 0.480. The van der Waals surface area contributed by atoms with Gasteiger partial charge < -0.3 is 10.1 Å². The highest BCUT2D eigenvalue weighted by molar-refractivity contribution is 5.32. The van der Waals surface area contributed by atoms with Crippen LogP contribution in [0.3, 0.4) is 0 Å². The van der Waals surface area contributed by atoms with E-state index in [9.17, 15) is 0 Å². The van der Waals surface area contributed by atoms with Crippen molar-refractivity contribution in [2.24, 2.45) is 0 Å². The normalized spacial score (nSPS) is 10.4. The molecule has 2 aromatic rings. The predicted molar refractivity (Wildman–Crippen MR) is 77.5 cm³/mol. The van der Waals surface area contributed by atoms with Crippen molar-refractivity contribution < 1.29 is 4.74 Å². The van der Waals surface area contributed by atoms with Gasteiger partial charge in [0.05, 0.1) is 5.69 Å². The average molecular weight is 256 g/mol. The average Bonchev–Trinajstić information content (AvgIpc) is 2.42. The van der Waals surface area contributed by atoms with E-state index in [1.807, 2.05) is 36.4 Å². The van der Waals surface area contributed by atoms with Crippen LogP contribution in [0.4, 0.5) is 0 Å². The Morgan fingerprint density at radius 3 is 2.63 bits per heavy atom. The molecule has 0 atom stereocenters. The van der Waals surface area contributed by atoms with E-state index in [-0.39, 0.29) is 0 Å². The molecule has 0 fully saturated rings. The smallest absolute Gasteiger partial charge is 0.130 e. The van der Waals surface area contributed by atoms with Crippen LogP contribution in [0, 0.1) is 6.92 Å². The van der Waals surface area contributed by atoms with Crippen LogP contribution in [0.1, 0.15) is 24.6 Å². The quantitative estimate of drug-likeness (QED) is 0.800. The Balaban J connectivity index is 2.00. The Labute approximate surface area is 114 Å². The highest BCUT2D eigenvalue weighted by Gasteiger charge is 2.00. The third-order valence-corrected chi connectivity index (χ3v) is 2.78. The highest BCUT2D eigenvalue weighted by Crippen LogP contribution is 2.21. The van der Waals surface area contributed by atoms with Gasteiger partial charge in [-0.15, -0.1) is 0 Å². The zero-order valence-electron chi connectivity index (χ0n) is 11.5. The summed E-state index contributed by atoms with van der Waals surface area (Å²) in [6.07, 6.45) is 2.91. The molecular formula is C16H20N2O. The van der Waals surface area contributed by atoms with Crippen LogP contribution in [-0.2, 0) is 6.54 Å². The predicted octanol–water partition coefficient (Wildman–Crippen LogP) is 3.68. The van der Waals surface area contributed by atoms with Crippen molar-refractivity contribution in [3.8, 4) is 11.5 Å². The Kier molecular flexibility index (Phi) is 4.93. The fraction of sp³-hybridized carbons (Fsp3) is 0.312. The third kappa shape index (κ3) is 4.38. The zero-order chi connectivity index (χ0) is 13.5. The van der Waals surface area contributed by atoms with E-state index in [0.29, 0.717) is 0 Å². The number of hydrogen-bond acceptors (Lipinski definition) is 3. The van der Waals surface area contributed by atoms with Crippen molar-refractivity contribution >= 4 is 0 Å².